The minimum Gasteiger partial charge on any atom is -0.492 e. The Balaban J connectivity index is 0.000000102. The lowest BCUT2D eigenvalue weighted by Crippen LogP contribution is -2.42. The zero-order chi connectivity index (χ0) is 95.1. The van der Waals surface area contributed by atoms with Crippen LogP contribution in [0.2, 0.25) is 0 Å². The van der Waals surface area contributed by atoms with Crippen molar-refractivity contribution < 1.29 is 39.9 Å². The quantitative estimate of drug-likeness (QED) is 0.0596. The Morgan fingerprint density at radius 3 is 1.07 bits per heavy atom. The molecule has 10 unspecified atom stereocenters. The van der Waals surface area contributed by atoms with Crippen LogP contribution in [0.15, 0.2) is 73.2 Å². The van der Waals surface area contributed by atoms with E-state index < -0.39 is 40.7 Å². The number of nitrogens with zero attached hydrogens (tertiary/aromatic N) is 13. The van der Waals surface area contributed by atoms with Gasteiger partial charge in [0, 0.05) is 190 Å². The first kappa shape index (κ1) is 92.0. The van der Waals surface area contributed by atoms with Crippen LogP contribution >= 0.6 is 0 Å². The summed E-state index contributed by atoms with van der Waals surface area (Å²) in [5.41, 5.74) is 22.4. The van der Waals surface area contributed by atoms with Gasteiger partial charge in [-0.2, -0.15) is 0 Å². The van der Waals surface area contributed by atoms with Gasteiger partial charge in [0.1, 0.15) is 34.4 Å². The molecule has 0 radical (unpaired) electrons. The van der Waals surface area contributed by atoms with Crippen LogP contribution in [0.1, 0.15) is 186 Å². The number of aryl methyl sites for hydroxylation is 5. The number of halogens is 8. The highest BCUT2D eigenvalue weighted by Crippen LogP contribution is 2.52. The lowest BCUT2D eigenvalue weighted by molar-refractivity contribution is 0.158. The van der Waals surface area contributed by atoms with E-state index in [9.17, 15) is 24.0 Å². The van der Waals surface area contributed by atoms with E-state index in [2.05, 4.69) is 65.4 Å². The van der Waals surface area contributed by atoms with Crippen molar-refractivity contribution in [2.75, 3.05) is 168 Å². The van der Waals surface area contributed by atoms with Crippen LogP contribution in [0.3, 0.4) is 0 Å². The number of benzene rings is 5. The van der Waals surface area contributed by atoms with E-state index in [1.54, 1.807) is 72.3 Å². The normalized spacial score (nSPS) is 25.6. The molecular weight excluding hydrogens is 1750 g/mol. The second-order valence-corrected chi connectivity index (χ2v) is 42.5. The summed E-state index contributed by atoms with van der Waals surface area (Å²) in [6.45, 7) is 20.8. The lowest BCUT2D eigenvalue weighted by atomic mass is 9.93. The molecule has 136 heavy (non-hydrogen) atoms. The van der Waals surface area contributed by atoms with Gasteiger partial charge in [-0.05, 0) is 265 Å². The summed E-state index contributed by atoms with van der Waals surface area (Å²) >= 11 is 0. The Morgan fingerprint density at radius 1 is 0.331 bits per heavy atom. The highest BCUT2D eigenvalue weighted by atomic mass is 19.2. The minimum absolute atomic E-state index is 0.0145. The molecule has 24 nitrogen and oxygen atoms in total. The van der Waals surface area contributed by atoms with E-state index in [0.29, 0.717) is 161 Å². The van der Waals surface area contributed by atoms with E-state index in [0.717, 1.165) is 180 Å². The largest absolute Gasteiger partial charge is 0.492 e. The molecule has 5 aliphatic carbocycles. The Kier molecular flexibility index (Phi) is 24.2. The molecule has 5 saturated carbocycles. The van der Waals surface area contributed by atoms with Crippen LogP contribution in [0.4, 0.5) is 80.6 Å². The maximum atomic E-state index is 15.8. The average molecular weight is 1880 g/mol. The van der Waals surface area contributed by atoms with Crippen molar-refractivity contribution >= 4 is 100 Å². The van der Waals surface area contributed by atoms with Crippen LogP contribution in [0, 0.1) is 111 Å². The van der Waals surface area contributed by atoms with Crippen molar-refractivity contribution in [3.8, 4) is 5.75 Å². The average Bonchev–Trinajstić information content (AvgIpc) is 1.16. The van der Waals surface area contributed by atoms with Crippen molar-refractivity contribution in [1.82, 2.24) is 48.2 Å². The summed E-state index contributed by atoms with van der Waals surface area (Å²) in [4.78, 5) is 80.0. The van der Waals surface area contributed by atoms with Gasteiger partial charge in [0.2, 0.25) is 0 Å². The number of nitrogen functional groups attached to an aromatic ring is 3. The number of nitrogens with two attached hydrogens (primary N) is 3. The van der Waals surface area contributed by atoms with Crippen molar-refractivity contribution in [3.63, 3.8) is 0 Å². The van der Waals surface area contributed by atoms with Gasteiger partial charge in [0.05, 0.1) is 79.0 Å². The predicted molar refractivity (Wildman–Crippen MR) is 523 cm³/mol. The Morgan fingerprint density at radius 2 is 0.654 bits per heavy atom. The molecule has 5 aromatic heterocycles. The number of methoxy groups -OCH3 is 1. The Bertz CT molecular complexity index is 6790. The number of ether oxygens (including phenoxy) is 1. The van der Waals surface area contributed by atoms with Gasteiger partial charge >= 0.3 is 0 Å². The van der Waals surface area contributed by atoms with Gasteiger partial charge in [0.25, 0.3) is 0 Å². The molecule has 15 aliphatic rings. The molecule has 5 aromatic carbocycles. The molecule has 15 fully saturated rings. The van der Waals surface area contributed by atoms with E-state index in [4.69, 9.17) is 21.9 Å². The fraction of sp³-hybridized carbons (Fsp3) is 0.567. The standard InChI is InChI=1S/C21H26F2N4O.C21H25F2N3O.C21H27FN4O2.C21H26FN3O.C20H24F2N4O/c1-11-8-27(13-5-6-13)19-15(21(11)28)18(24)16(22)20(17(19)23)26-9-12-4-3-7-25(2)14(12)10-26;1-12-9-26(14-5-6-14)19-15(21(12)27)8-16(22)20(18(19)23)25-10-13-4-3-7-24(2)17(13)11-25;1-11-8-26(13-5-6-13)18-15(20(11)27)17(23)16(22)19(21(18)28-2)25-9-12-4-3-7-24-14(12)10-25;1-13-10-25(15-5-6-15)18-9-19(17(22)8-16(18)21(13)26)24-11-14-4-3-7-23(2)20(14)12-24;1-10-7-26(12-4-5-12)18-14(20(10)27)17(23)15(21)19(16(18)22)25-8-11-3-2-6-24-13(11)9-25/h8,12-14H,3-7,9-10,24H2,1-2H3;8-9,13-14,17H,3-7,10-11H2,1-2H3;8,12-14,24H,3-7,9-10,23H2,1-2H3;8-10,14-15,20H,3-7,11-12H2,1-2H3;7,11-13,24H,2-6,8-9,23H2,1H3. The first-order valence-corrected chi connectivity index (χ1v) is 49.9. The molecule has 8 N–H and O–H groups in total. The number of hydrogen-bond acceptors (Lipinski definition) is 19. The van der Waals surface area contributed by atoms with E-state index in [1.165, 1.54) is 25.0 Å². The zero-order valence-electron chi connectivity index (χ0n) is 79.5. The molecule has 15 heterocycles. The summed E-state index contributed by atoms with van der Waals surface area (Å²) in [6.07, 6.45) is 30.3. The van der Waals surface area contributed by atoms with Crippen molar-refractivity contribution in [1.29, 1.82) is 0 Å². The number of nitrogens with one attached hydrogen (secondary N) is 2. The molecule has 32 heteroatoms. The van der Waals surface area contributed by atoms with Crippen LogP contribution in [0.25, 0.3) is 54.5 Å². The van der Waals surface area contributed by atoms with Gasteiger partial charge in [-0.1, -0.05) is 0 Å². The number of pyridine rings is 5. The van der Waals surface area contributed by atoms with Gasteiger partial charge in [0.15, 0.2) is 67.8 Å². The molecule has 10 atom stereocenters. The maximum absolute atomic E-state index is 15.8. The number of hydrogen-bond donors (Lipinski definition) is 5. The second-order valence-electron chi connectivity index (χ2n) is 42.5. The SMILES string of the molecule is COc1c(N2CC3CCCNC3C2)c(F)c(N)c2c(=O)c(C)cn(C3CC3)c12.Cc1cn(C2CC2)c2c(F)c(N3CC4CCCN(C)C4C3)c(F)c(N)c2c1=O.Cc1cn(C2CC2)c2c(F)c(N3CC4CCCN(C)C4C3)c(F)cc2c1=O.Cc1cn(C2CC2)c2c(F)c(N3CC4CCCNC4C3)c(F)c(N)c2c1=O.Cc1cn(C2CC2)c2cc(N3CC4CCCN(C)C4C3)c(F)cc2c1=O. The third-order valence-corrected chi connectivity index (χ3v) is 33.2. The molecular formula is C104H128F8N18O6. The Hall–Kier alpha value is -10.4. The number of likely N-dealkylation sites (tertiary alicyclic amines) is 3. The molecule has 10 aliphatic heterocycles. The first-order chi connectivity index (χ1) is 65.3. The minimum atomic E-state index is -0.802. The molecule has 25 rings (SSSR count). The van der Waals surface area contributed by atoms with Crippen molar-refractivity contribution in [2.24, 2.45) is 29.6 Å². The highest BCUT2D eigenvalue weighted by molar-refractivity contribution is 6.01. The summed E-state index contributed by atoms with van der Waals surface area (Å²) in [6, 6.07) is 7.73. The van der Waals surface area contributed by atoms with Gasteiger partial charge in [-0.3, -0.25) is 24.0 Å². The van der Waals surface area contributed by atoms with E-state index in [-0.39, 0.29) is 129 Å². The van der Waals surface area contributed by atoms with Crippen LogP contribution in [0.5, 0.6) is 5.75 Å². The number of piperidine rings is 5. The number of aromatic nitrogens is 5. The molecule has 0 amide bonds. The zero-order valence-corrected chi connectivity index (χ0v) is 79.5. The molecule has 726 valence electrons. The molecule has 10 saturated heterocycles. The summed E-state index contributed by atoms with van der Waals surface area (Å²) in [5, 5.41) is 7.91. The van der Waals surface area contributed by atoms with Gasteiger partial charge < -0.3 is 94.6 Å². The summed E-state index contributed by atoms with van der Waals surface area (Å²) < 4.78 is 139. The van der Waals surface area contributed by atoms with Crippen LogP contribution in [-0.4, -0.2) is 194 Å². The number of anilines is 8. The number of rotatable bonds is 11. The molecule has 10 aromatic rings. The number of fused-ring (bicyclic) bond motifs is 10. The smallest absolute Gasteiger partial charge is 0.194 e. The summed E-state index contributed by atoms with van der Waals surface area (Å²) in [5.74, 6) is -2.10. The highest BCUT2D eigenvalue weighted by Gasteiger charge is 2.47. The van der Waals surface area contributed by atoms with Crippen molar-refractivity contribution in [3.05, 3.63) is 175 Å². The van der Waals surface area contributed by atoms with Crippen LogP contribution in [-0.2, 0) is 0 Å². The first-order valence-electron chi connectivity index (χ1n) is 49.9. The summed E-state index contributed by atoms with van der Waals surface area (Å²) in [7, 11) is 7.91. The fourth-order valence-electron chi connectivity index (χ4n) is 25.1. The Labute approximate surface area is 785 Å². The maximum Gasteiger partial charge on any atom is 0.194 e. The molecule has 0 bridgehead atoms. The third-order valence-electron chi connectivity index (χ3n) is 33.2. The molecule has 0 spiro atoms. The van der Waals surface area contributed by atoms with Crippen LogP contribution < -0.4 is 84.2 Å². The second kappa shape index (κ2) is 35.8. The fourth-order valence-corrected chi connectivity index (χ4v) is 25.1. The monoisotopic (exact) mass is 1880 g/mol. The van der Waals surface area contributed by atoms with Gasteiger partial charge in [-0.25, -0.2) is 35.1 Å². The predicted octanol–water partition coefficient (Wildman–Crippen LogP) is 15.1. The number of likely N-dealkylation sites (N-methyl/N-ethyl adjacent to an activating group) is 3. The van der Waals surface area contributed by atoms with E-state index >= 15 is 35.1 Å². The third kappa shape index (κ3) is 16.2. The topological polar surface area (TPSA) is 247 Å². The van der Waals surface area contributed by atoms with Crippen molar-refractivity contribution in [2.45, 2.75) is 223 Å². The van der Waals surface area contributed by atoms with Gasteiger partial charge in [-0.15, -0.1) is 0 Å². The lowest BCUT2D eigenvalue weighted by Gasteiger charge is -2.33. The van der Waals surface area contributed by atoms with E-state index in [1.807, 2.05) is 34.9 Å².